The molecule has 1 aromatic rings. The Bertz CT molecular complexity index is 475. The minimum atomic E-state index is -0.259. The van der Waals surface area contributed by atoms with Crippen molar-refractivity contribution in [3.63, 3.8) is 0 Å². The van der Waals surface area contributed by atoms with E-state index >= 15 is 0 Å². The molecule has 19 heavy (non-hydrogen) atoms. The van der Waals surface area contributed by atoms with Crippen LogP contribution >= 0.6 is 15.9 Å². The highest BCUT2D eigenvalue weighted by molar-refractivity contribution is 9.10. The lowest BCUT2D eigenvalue weighted by atomic mass is 9.91. The van der Waals surface area contributed by atoms with Gasteiger partial charge in [0.05, 0.1) is 12.1 Å². The molecule has 2 rings (SSSR count). The van der Waals surface area contributed by atoms with Gasteiger partial charge in [0, 0.05) is 22.8 Å². The number of aliphatic hydroxyl groups excluding tert-OH is 1. The SMILES string of the molecule is CC(=O)c1ccc(N(C)C2CCCCC2O)cc1Br. The van der Waals surface area contributed by atoms with Crippen molar-refractivity contribution < 1.29 is 9.90 Å². The molecule has 4 heteroatoms. The van der Waals surface area contributed by atoms with Crippen molar-refractivity contribution in [2.24, 2.45) is 0 Å². The van der Waals surface area contributed by atoms with Gasteiger partial charge >= 0.3 is 0 Å². The molecule has 1 aromatic carbocycles. The number of anilines is 1. The van der Waals surface area contributed by atoms with Crippen LogP contribution in [-0.2, 0) is 0 Å². The lowest BCUT2D eigenvalue weighted by Crippen LogP contribution is -2.43. The number of Topliss-reactive ketones (excluding diaryl/α,β-unsaturated/α-hetero) is 1. The molecule has 2 atom stereocenters. The van der Waals surface area contributed by atoms with E-state index in [1.54, 1.807) is 6.92 Å². The predicted octanol–water partition coefficient (Wildman–Crippen LogP) is 3.39. The Kier molecular flexibility index (Phi) is 4.63. The number of carbonyl (C=O) groups is 1. The third kappa shape index (κ3) is 3.18. The number of ketones is 1. The molecule has 1 fully saturated rings. The average Bonchev–Trinajstić information content (AvgIpc) is 2.38. The minimum Gasteiger partial charge on any atom is -0.391 e. The summed E-state index contributed by atoms with van der Waals surface area (Å²) in [6, 6.07) is 5.91. The first kappa shape index (κ1) is 14.5. The Morgan fingerprint density at radius 3 is 2.63 bits per heavy atom. The largest absolute Gasteiger partial charge is 0.391 e. The fraction of sp³-hybridized carbons (Fsp3) is 0.533. The molecule has 0 heterocycles. The Balaban J connectivity index is 2.21. The second-order valence-corrected chi connectivity index (χ2v) is 6.10. The zero-order valence-corrected chi connectivity index (χ0v) is 13.0. The summed E-state index contributed by atoms with van der Waals surface area (Å²) in [6.45, 7) is 1.56. The van der Waals surface area contributed by atoms with E-state index in [2.05, 4.69) is 20.8 Å². The third-order valence-corrected chi connectivity index (χ3v) is 4.59. The Morgan fingerprint density at radius 1 is 1.37 bits per heavy atom. The van der Waals surface area contributed by atoms with E-state index in [0.717, 1.165) is 29.4 Å². The van der Waals surface area contributed by atoms with E-state index in [1.165, 1.54) is 6.42 Å². The molecule has 0 aromatic heterocycles. The highest BCUT2D eigenvalue weighted by Gasteiger charge is 2.27. The molecule has 2 unspecified atom stereocenters. The lowest BCUT2D eigenvalue weighted by molar-refractivity contribution is 0.101. The summed E-state index contributed by atoms with van der Waals surface area (Å²) in [6.07, 6.45) is 3.91. The first-order chi connectivity index (χ1) is 9.00. The summed E-state index contributed by atoms with van der Waals surface area (Å²) in [7, 11) is 2.01. The maximum absolute atomic E-state index is 11.4. The number of hydrogen-bond donors (Lipinski definition) is 1. The minimum absolute atomic E-state index is 0.0544. The molecule has 3 nitrogen and oxygen atoms in total. The Labute approximate surface area is 122 Å². The van der Waals surface area contributed by atoms with Gasteiger partial charge in [0.2, 0.25) is 0 Å². The molecular formula is C15H20BrNO2. The van der Waals surface area contributed by atoms with Crippen LogP contribution in [0.2, 0.25) is 0 Å². The van der Waals surface area contributed by atoms with E-state index < -0.39 is 0 Å². The van der Waals surface area contributed by atoms with Crippen molar-refractivity contribution >= 4 is 27.4 Å². The Morgan fingerprint density at radius 2 is 2.05 bits per heavy atom. The zero-order chi connectivity index (χ0) is 14.0. The summed E-state index contributed by atoms with van der Waals surface area (Å²) in [4.78, 5) is 13.5. The van der Waals surface area contributed by atoms with Crippen molar-refractivity contribution in [3.8, 4) is 0 Å². The maximum Gasteiger partial charge on any atom is 0.160 e. The topological polar surface area (TPSA) is 40.5 Å². The van der Waals surface area contributed by atoms with E-state index in [4.69, 9.17) is 0 Å². The molecule has 1 aliphatic rings. The van der Waals surface area contributed by atoms with Gasteiger partial charge in [0.25, 0.3) is 0 Å². The van der Waals surface area contributed by atoms with Crippen molar-refractivity contribution in [2.75, 3.05) is 11.9 Å². The molecule has 0 radical (unpaired) electrons. The third-order valence-electron chi connectivity index (χ3n) is 3.93. The highest BCUT2D eigenvalue weighted by Crippen LogP contribution is 2.29. The van der Waals surface area contributed by atoms with E-state index in [1.807, 2.05) is 25.2 Å². The van der Waals surface area contributed by atoms with Crippen molar-refractivity contribution in [1.29, 1.82) is 0 Å². The molecule has 1 N–H and O–H groups in total. The summed E-state index contributed by atoms with van der Waals surface area (Å²) >= 11 is 3.45. The van der Waals surface area contributed by atoms with Gasteiger partial charge in [-0.3, -0.25) is 4.79 Å². The monoisotopic (exact) mass is 325 g/mol. The van der Waals surface area contributed by atoms with Crippen LogP contribution in [0.3, 0.4) is 0 Å². The maximum atomic E-state index is 11.4. The van der Waals surface area contributed by atoms with Crippen molar-refractivity contribution in [1.82, 2.24) is 0 Å². The van der Waals surface area contributed by atoms with Gasteiger partial charge in [-0.2, -0.15) is 0 Å². The number of benzene rings is 1. The summed E-state index contributed by atoms with van der Waals surface area (Å²) in [5.41, 5.74) is 1.73. The van der Waals surface area contributed by atoms with Gasteiger partial charge in [-0.1, -0.05) is 12.8 Å². The highest BCUT2D eigenvalue weighted by atomic mass is 79.9. The van der Waals surface area contributed by atoms with E-state index in [-0.39, 0.29) is 17.9 Å². The number of likely N-dealkylation sites (N-methyl/N-ethyl adjacent to an activating group) is 1. The molecule has 0 spiro atoms. The molecule has 0 saturated heterocycles. The Hall–Kier alpha value is -0.870. The van der Waals surface area contributed by atoms with Crippen LogP contribution in [0.1, 0.15) is 43.0 Å². The average molecular weight is 326 g/mol. The standard InChI is InChI=1S/C15H20BrNO2/c1-10(18)12-8-7-11(9-13(12)16)17(2)14-5-3-4-6-15(14)19/h7-9,14-15,19H,3-6H2,1-2H3. The fourth-order valence-electron chi connectivity index (χ4n) is 2.74. The van der Waals surface area contributed by atoms with Gasteiger partial charge in [0.1, 0.15) is 0 Å². The van der Waals surface area contributed by atoms with Gasteiger partial charge < -0.3 is 10.0 Å². The van der Waals surface area contributed by atoms with Gasteiger partial charge in [-0.05, 0) is 53.9 Å². The lowest BCUT2D eigenvalue weighted by Gasteiger charge is -2.36. The number of aliphatic hydroxyl groups is 1. The molecule has 1 aliphatic carbocycles. The summed E-state index contributed by atoms with van der Waals surface area (Å²) in [5, 5.41) is 10.1. The van der Waals surface area contributed by atoms with E-state index in [9.17, 15) is 9.90 Å². The first-order valence-electron chi connectivity index (χ1n) is 6.72. The van der Waals surface area contributed by atoms with Crippen LogP contribution in [0.5, 0.6) is 0 Å². The molecular weight excluding hydrogens is 306 g/mol. The van der Waals surface area contributed by atoms with Crippen molar-refractivity contribution in [2.45, 2.75) is 44.8 Å². The van der Waals surface area contributed by atoms with Crippen LogP contribution in [0, 0.1) is 0 Å². The normalized spacial score (nSPS) is 23.2. The quantitative estimate of drug-likeness (QED) is 0.866. The van der Waals surface area contributed by atoms with Gasteiger partial charge in [-0.25, -0.2) is 0 Å². The molecule has 104 valence electrons. The van der Waals surface area contributed by atoms with Gasteiger partial charge in [-0.15, -0.1) is 0 Å². The number of hydrogen-bond acceptors (Lipinski definition) is 3. The molecule has 0 aliphatic heterocycles. The van der Waals surface area contributed by atoms with Crippen LogP contribution in [0.15, 0.2) is 22.7 Å². The predicted molar refractivity (Wildman–Crippen MR) is 80.8 cm³/mol. The number of rotatable bonds is 3. The number of halogens is 1. The van der Waals surface area contributed by atoms with Crippen LogP contribution in [-0.4, -0.2) is 30.1 Å². The molecule has 0 amide bonds. The second-order valence-electron chi connectivity index (χ2n) is 5.25. The molecule has 1 saturated carbocycles. The second kappa shape index (κ2) is 6.06. The van der Waals surface area contributed by atoms with Crippen LogP contribution < -0.4 is 4.90 Å². The van der Waals surface area contributed by atoms with Crippen molar-refractivity contribution in [3.05, 3.63) is 28.2 Å². The first-order valence-corrected chi connectivity index (χ1v) is 7.51. The van der Waals surface area contributed by atoms with Crippen LogP contribution in [0.4, 0.5) is 5.69 Å². The number of carbonyl (C=O) groups excluding carboxylic acids is 1. The number of nitrogens with zero attached hydrogens (tertiary/aromatic N) is 1. The summed E-state index contributed by atoms with van der Waals surface area (Å²) in [5.74, 6) is 0.0544. The van der Waals surface area contributed by atoms with Gasteiger partial charge in [0.15, 0.2) is 5.78 Å². The van der Waals surface area contributed by atoms with E-state index in [0.29, 0.717) is 5.56 Å². The smallest absolute Gasteiger partial charge is 0.160 e. The summed E-state index contributed by atoms with van der Waals surface area (Å²) < 4.78 is 0.814. The fourth-order valence-corrected chi connectivity index (χ4v) is 3.39. The zero-order valence-electron chi connectivity index (χ0n) is 11.4. The molecule has 0 bridgehead atoms. The van der Waals surface area contributed by atoms with Crippen LogP contribution in [0.25, 0.3) is 0 Å².